The zero-order valence-electron chi connectivity index (χ0n) is 10.2. The fourth-order valence-electron chi connectivity index (χ4n) is 2.23. The molecule has 5 N–H and O–H groups in total. The summed E-state index contributed by atoms with van der Waals surface area (Å²) in [5, 5.41) is 28.9. The van der Waals surface area contributed by atoms with Crippen molar-refractivity contribution < 1.29 is 20.1 Å². The Morgan fingerprint density at radius 2 is 2.10 bits per heavy atom. The first-order valence-electron chi connectivity index (χ1n) is 5.87. The van der Waals surface area contributed by atoms with Gasteiger partial charge in [0, 0.05) is 0 Å². The number of rotatable bonds is 2. The van der Waals surface area contributed by atoms with Gasteiger partial charge in [-0.05, 0) is 0 Å². The van der Waals surface area contributed by atoms with Gasteiger partial charge in [0.05, 0.1) is 0 Å². The Morgan fingerprint density at radius 1 is 1.35 bits per heavy atom. The molecule has 1 aliphatic heterocycles. The van der Waals surface area contributed by atoms with Gasteiger partial charge in [-0.15, -0.1) is 0 Å². The molecule has 3 heterocycles. The van der Waals surface area contributed by atoms with Gasteiger partial charge in [0.1, 0.15) is 0 Å². The van der Waals surface area contributed by atoms with E-state index in [4.69, 9.17) is 15.6 Å². The summed E-state index contributed by atoms with van der Waals surface area (Å²) in [5.74, 6) is 0.257. The van der Waals surface area contributed by atoms with Crippen molar-refractivity contribution >= 4 is 43.3 Å². The molecule has 9 nitrogen and oxygen atoms in total. The quantitative estimate of drug-likeness (QED) is 0.397. The van der Waals surface area contributed by atoms with Crippen LogP contribution in [0.2, 0.25) is 0 Å². The summed E-state index contributed by atoms with van der Waals surface area (Å²) < 4.78 is 7.49. The van der Waals surface area contributed by atoms with Crippen molar-refractivity contribution in [3.63, 3.8) is 0 Å². The van der Waals surface area contributed by atoms with Crippen LogP contribution in [-0.4, -0.2) is 82.3 Å². The zero-order valence-corrected chi connectivity index (χ0v) is 13.1. The van der Waals surface area contributed by atoms with Crippen LogP contribution in [0.1, 0.15) is 6.23 Å². The Labute approximate surface area is 126 Å². The predicted molar refractivity (Wildman–Crippen MR) is 68.1 cm³/mol. The Balaban J connectivity index is 2.07. The van der Waals surface area contributed by atoms with Crippen LogP contribution in [0.4, 0.5) is 5.82 Å². The summed E-state index contributed by atoms with van der Waals surface area (Å²) >= 11 is 0.993. The number of hydrogen-bond acceptors (Lipinski definition) is 8. The van der Waals surface area contributed by atoms with Gasteiger partial charge in [-0.2, -0.15) is 0 Å². The molecule has 10 heteroatoms. The number of hydrogen-bond donors (Lipinski definition) is 4. The molecule has 4 atom stereocenters. The third-order valence-electron chi connectivity index (χ3n) is 3.24. The molecule has 3 radical (unpaired) electrons. The molecule has 1 saturated heterocycles. The van der Waals surface area contributed by atoms with Crippen LogP contribution in [0.15, 0.2) is 6.33 Å². The number of ether oxygens (including phenoxy) is 1. The van der Waals surface area contributed by atoms with E-state index in [9.17, 15) is 10.2 Å². The van der Waals surface area contributed by atoms with Crippen molar-refractivity contribution in [3.05, 3.63) is 6.33 Å². The fraction of sp³-hybridized carbons (Fsp3) is 0.500. The standard InChI is InChI=1S/C10H12N5O4.Sn/c11-8-5-9(13-2-12-8)15(3-14-5)10-7(18)6(17)4(1-16)19-10;/h3-4,6-7,10,16-18H,1H2,(H2,11,12,13);/t4-,6-,7-,10-;/m1./s1. The van der Waals surface area contributed by atoms with Gasteiger partial charge in [-0.3, -0.25) is 0 Å². The second kappa shape index (κ2) is 5.07. The molecular weight excluding hydrogens is 373 g/mol. The molecule has 0 bridgehead atoms. The van der Waals surface area contributed by atoms with Crippen LogP contribution in [0.5, 0.6) is 0 Å². The Kier molecular flexibility index (Phi) is 3.54. The summed E-state index contributed by atoms with van der Waals surface area (Å²) in [6.07, 6.45) is -2.66. The zero-order chi connectivity index (χ0) is 14.4. The van der Waals surface area contributed by atoms with Gasteiger partial charge in [0.2, 0.25) is 0 Å². The summed E-state index contributed by atoms with van der Waals surface area (Å²) in [6, 6.07) is 0. The number of aliphatic hydroxyl groups is 3. The molecule has 0 aliphatic carbocycles. The Bertz CT molecular complexity index is 650. The predicted octanol–water partition coefficient (Wildman–Crippen LogP) is -3.19. The molecule has 3 rings (SSSR count). The average molecular weight is 385 g/mol. The van der Waals surface area contributed by atoms with Crippen molar-refractivity contribution in [1.29, 1.82) is 0 Å². The van der Waals surface area contributed by atoms with Crippen LogP contribution in [-0.2, 0) is 4.74 Å². The Morgan fingerprint density at radius 3 is 2.75 bits per heavy atom. The number of anilines is 1. The van der Waals surface area contributed by atoms with E-state index in [1.807, 2.05) is 0 Å². The molecule has 2 aromatic heterocycles. The summed E-state index contributed by atoms with van der Waals surface area (Å²) in [7, 11) is 0. The number of imidazole rings is 1. The number of nitrogen functional groups attached to an aromatic ring is 1. The van der Waals surface area contributed by atoms with Gasteiger partial charge in [0.15, 0.2) is 0 Å². The fourth-order valence-corrected chi connectivity index (χ4v) is 2.88. The van der Waals surface area contributed by atoms with E-state index in [-0.39, 0.29) is 12.4 Å². The van der Waals surface area contributed by atoms with Gasteiger partial charge < -0.3 is 0 Å². The van der Waals surface area contributed by atoms with E-state index in [1.165, 1.54) is 10.9 Å². The maximum absolute atomic E-state index is 10.0. The summed E-state index contributed by atoms with van der Waals surface area (Å²) in [5.41, 5.74) is 6.62. The number of nitrogens with two attached hydrogens (primary N) is 1. The number of aromatic nitrogens is 4. The van der Waals surface area contributed by atoms with Gasteiger partial charge in [0.25, 0.3) is 0 Å². The van der Waals surface area contributed by atoms with Crippen molar-refractivity contribution in [2.45, 2.75) is 24.5 Å². The average Bonchev–Trinajstić information content (AvgIpc) is 2.93. The van der Waals surface area contributed by atoms with Crippen molar-refractivity contribution in [1.82, 2.24) is 19.5 Å². The maximum atomic E-state index is 10.0. The van der Waals surface area contributed by atoms with Gasteiger partial charge in [-0.25, -0.2) is 0 Å². The normalized spacial score (nSPS) is 30.2. The summed E-state index contributed by atoms with van der Waals surface area (Å²) in [6.45, 7) is -0.387. The first-order valence-corrected chi connectivity index (χ1v) is 7.29. The SMILES string of the molecule is Nc1n[c]([Sn])nc2c1ncn2[C@@H]1O[C@H](CO)[C@@H](O)[C@H]1O. The van der Waals surface area contributed by atoms with Crippen LogP contribution < -0.4 is 9.57 Å². The number of aliphatic hydroxyl groups excluding tert-OH is 3. The minimum absolute atomic E-state index is 0.257. The molecule has 20 heavy (non-hydrogen) atoms. The monoisotopic (exact) mass is 386 g/mol. The molecule has 0 amide bonds. The second-order valence-corrected chi connectivity index (χ2v) is 5.76. The van der Waals surface area contributed by atoms with Crippen LogP contribution >= 0.6 is 0 Å². The third kappa shape index (κ3) is 2.05. The third-order valence-corrected chi connectivity index (χ3v) is 3.88. The Hall–Kier alpha value is -1.01. The van der Waals surface area contributed by atoms with Crippen molar-refractivity contribution in [2.24, 2.45) is 0 Å². The molecule has 2 aromatic rings. The van der Waals surface area contributed by atoms with E-state index in [2.05, 4.69) is 15.0 Å². The van der Waals surface area contributed by atoms with Crippen LogP contribution in [0, 0.1) is 0 Å². The van der Waals surface area contributed by atoms with E-state index in [1.54, 1.807) is 0 Å². The molecule has 1 fully saturated rings. The number of nitrogens with zero attached hydrogens (tertiary/aromatic N) is 4. The molecule has 0 saturated carbocycles. The van der Waals surface area contributed by atoms with E-state index in [0.717, 1.165) is 22.5 Å². The molecular formula is C10H12N5O4Sn. The van der Waals surface area contributed by atoms with Crippen molar-refractivity contribution in [2.75, 3.05) is 12.3 Å². The molecule has 0 aromatic carbocycles. The first-order chi connectivity index (χ1) is 9.52. The first kappa shape index (κ1) is 13.9. The molecule has 0 spiro atoms. The van der Waals surface area contributed by atoms with E-state index >= 15 is 0 Å². The number of fused-ring (bicyclic) bond motifs is 1. The second-order valence-electron chi connectivity index (χ2n) is 4.49. The minimum atomic E-state index is -1.19. The van der Waals surface area contributed by atoms with Crippen molar-refractivity contribution in [3.8, 4) is 0 Å². The van der Waals surface area contributed by atoms with E-state index < -0.39 is 24.5 Å². The van der Waals surface area contributed by atoms with E-state index in [0.29, 0.717) is 15.0 Å². The van der Waals surface area contributed by atoms with Gasteiger partial charge in [-0.1, -0.05) is 0 Å². The molecule has 105 valence electrons. The molecule has 0 unspecified atom stereocenters. The van der Waals surface area contributed by atoms with Crippen LogP contribution in [0.25, 0.3) is 11.2 Å². The van der Waals surface area contributed by atoms with Gasteiger partial charge >= 0.3 is 126 Å². The topological polar surface area (TPSA) is 140 Å². The summed E-state index contributed by atoms with van der Waals surface area (Å²) in [4.78, 5) is 12.4. The molecule has 1 aliphatic rings. The van der Waals surface area contributed by atoms with Crippen LogP contribution in [0.3, 0.4) is 0 Å².